The van der Waals surface area contributed by atoms with Crippen molar-refractivity contribution in [3.05, 3.63) is 65.9 Å². The maximum absolute atomic E-state index is 5.67. The molecule has 6 atom stereocenters. The monoisotopic (exact) mass is 858 g/mol. The molecular weight excluding hydrogens is 783 g/mol. The average Bonchev–Trinajstić information content (AvgIpc) is 3.58. The van der Waals surface area contributed by atoms with E-state index in [-0.39, 0.29) is 7.92 Å². The average molecular weight is 859 g/mol. The van der Waals surface area contributed by atoms with Gasteiger partial charge in [0.1, 0.15) is 0 Å². The second-order valence-electron chi connectivity index (χ2n) is 17.9. The zero-order valence-electron chi connectivity index (χ0n) is 33.8. The Morgan fingerprint density at radius 3 is 1.35 bits per heavy atom. The minimum atomic E-state index is -1.61. The normalized spacial score (nSPS) is 31.8. The first-order valence-electron chi connectivity index (χ1n) is 21.6. The fraction of sp³-hybridized carbons (Fsp3) is 0.739. The zero-order valence-corrected chi connectivity index (χ0v) is 38.1. The molecule has 4 fully saturated rings. The predicted molar refractivity (Wildman–Crippen MR) is 231 cm³/mol. The molecule has 2 nitrogen and oxygen atoms in total. The van der Waals surface area contributed by atoms with Crippen LogP contribution in [0.15, 0.2) is 53.6 Å². The molecule has 0 N–H and O–H groups in total. The number of rotatable bonds is 6. The molecule has 1 aromatic rings. The van der Waals surface area contributed by atoms with Crippen molar-refractivity contribution < 1.29 is 13.5 Å². The molecule has 1 saturated heterocycles. The Balaban J connectivity index is 0.000000162. The molecule has 1 aliphatic heterocycles. The van der Waals surface area contributed by atoms with Gasteiger partial charge in [-0.05, 0) is 141 Å². The molecule has 52 heavy (non-hydrogen) atoms. The number of halogens is 2. The van der Waals surface area contributed by atoms with Gasteiger partial charge in [0.15, 0.2) is 0 Å². The first kappa shape index (κ1) is 43.2. The number of hydrogen-bond acceptors (Lipinski definition) is 2. The van der Waals surface area contributed by atoms with E-state index < -0.39 is 13.5 Å². The van der Waals surface area contributed by atoms with E-state index in [9.17, 15) is 0 Å². The Bertz CT molecular complexity index is 1190. The molecule has 1 aromatic carbocycles. The van der Waals surface area contributed by atoms with E-state index in [1.54, 1.807) is 107 Å². The topological polar surface area (TPSA) is 6.48 Å². The molecule has 0 radical (unpaired) electrons. The Labute approximate surface area is 335 Å². The molecule has 6 heteroatoms. The summed E-state index contributed by atoms with van der Waals surface area (Å²) in [7, 11) is 11.3. The van der Waals surface area contributed by atoms with Crippen LogP contribution < -0.4 is 0 Å². The van der Waals surface area contributed by atoms with Crippen LogP contribution in [0, 0.1) is 30.3 Å². The van der Waals surface area contributed by atoms with E-state index >= 15 is 0 Å². The quantitative estimate of drug-likeness (QED) is 0.122. The van der Waals surface area contributed by atoms with Crippen molar-refractivity contribution in [2.45, 2.75) is 180 Å². The fourth-order valence-electron chi connectivity index (χ4n) is 11.6. The van der Waals surface area contributed by atoms with Gasteiger partial charge < -0.3 is 9.80 Å². The second kappa shape index (κ2) is 22.2. The molecule has 5 aliphatic carbocycles. The zero-order chi connectivity index (χ0) is 37.0. The van der Waals surface area contributed by atoms with E-state index in [0.29, 0.717) is 12.1 Å². The summed E-state index contributed by atoms with van der Waals surface area (Å²) < 4.78 is 1.92. The Hall–Kier alpha value is 0.123. The first-order valence-corrected chi connectivity index (χ1v) is 28.8. The van der Waals surface area contributed by atoms with Gasteiger partial charge in [0.05, 0.1) is 17.0 Å². The molecule has 1 heterocycles. The van der Waals surface area contributed by atoms with Gasteiger partial charge in [-0.2, -0.15) is 0 Å². The summed E-state index contributed by atoms with van der Waals surface area (Å²) in [4.78, 5) is 5.25. The third-order valence-electron chi connectivity index (χ3n) is 13.4. The number of allylic oxidation sites excluding steroid dienone is 2. The third kappa shape index (κ3) is 12.8. The van der Waals surface area contributed by atoms with Crippen LogP contribution in [0.4, 0.5) is 0 Å². The molecule has 7 rings (SSSR count). The molecule has 6 aliphatic rings. The van der Waals surface area contributed by atoms with Crippen LogP contribution in [0.3, 0.4) is 0 Å². The molecule has 0 amide bonds. The summed E-state index contributed by atoms with van der Waals surface area (Å²) in [5.74, 6) is 2.99. The van der Waals surface area contributed by atoms with Gasteiger partial charge in [0.2, 0.25) is 0 Å². The summed E-state index contributed by atoms with van der Waals surface area (Å²) in [6.07, 6.45) is 31.4. The summed E-state index contributed by atoms with van der Waals surface area (Å²) in [6.45, 7) is 19.1. The van der Waals surface area contributed by atoms with Gasteiger partial charge in [-0.3, -0.25) is 0 Å². The summed E-state index contributed by atoms with van der Waals surface area (Å²) in [5, 5.41) is 0. The Morgan fingerprint density at radius 2 is 1.00 bits per heavy atom. The van der Waals surface area contributed by atoms with Gasteiger partial charge in [-0.25, -0.2) is 6.67 Å². The number of hydrogen-bond donors (Lipinski definition) is 0. The molecule has 0 aromatic heterocycles. The predicted octanol–water partition coefficient (Wildman–Crippen LogP) is 13.7. The second-order valence-corrected chi connectivity index (χ2v) is 27.1. The van der Waals surface area contributed by atoms with E-state index in [1.807, 2.05) is 34.9 Å². The van der Waals surface area contributed by atoms with Crippen molar-refractivity contribution >= 4 is 31.9 Å². The maximum atomic E-state index is 5.67. The fourth-order valence-corrected chi connectivity index (χ4v) is 18.7. The molecular formula is C46H75Cl2N2PRu. The molecule has 0 bridgehead atoms. The SMILES string of the molecule is C1CCC([PH+](C2CCCCC2)C2CCCCC2)CC1.CC1=C[C@H](C)CC(C)[C@@H]1N1[CH-]N([C@H]2C(C)=C[C@@H](C)CC2C)CC1.[Cl][Ru]([Cl])=[CH]c1ccccc1. The standard InChI is InChI=1S/C21H35N2.C18H33P.C7H6.2ClH.Ru/c1-14-9-16(3)20(17(4)10-14)22-7-8-23(13-22)21-18(5)11-15(2)12-19(21)6;1-4-10-16(11-5-1)19(17-12-6-2-7-13-17)18-14-8-3-9-15-18;1-7-5-3-2-4-6-7;;;/h9,11,13-15,17,19-21H,7-8,10,12H2,1-6H3;16-18H,1-15H2;1-6H;2*1H;/q-1;;;;;+2/p-1/t14-,15+,17?,19?,20+,21-;;;;;. The Kier molecular flexibility index (Phi) is 18.4. The summed E-state index contributed by atoms with van der Waals surface area (Å²) >= 11 is -1.61. The van der Waals surface area contributed by atoms with Crippen molar-refractivity contribution in [3.63, 3.8) is 0 Å². The van der Waals surface area contributed by atoms with E-state index in [0.717, 1.165) is 29.2 Å². The van der Waals surface area contributed by atoms with Crippen LogP contribution in [0.2, 0.25) is 0 Å². The van der Waals surface area contributed by atoms with Crippen molar-refractivity contribution in [1.29, 1.82) is 0 Å². The van der Waals surface area contributed by atoms with Crippen molar-refractivity contribution in [1.82, 2.24) is 9.80 Å². The van der Waals surface area contributed by atoms with Crippen LogP contribution in [0.5, 0.6) is 0 Å². The van der Waals surface area contributed by atoms with Crippen LogP contribution in [0.25, 0.3) is 0 Å². The molecule has 296 valence electrons. The van der Waals surface area contributed by atoms with Crippen molar-refractivity contribution in [2.24, 2.45) is 23.7 Å². The number of benzene rings is 1. The van der Waals surface area contributed by atoms with Crippen molar-refractivity contribution in [2.75, 3.05) is 13.1 Å². The van der Waals surface area contributed by atoms with Crippen molar-refractivity contribution in [3.8, 4) is 0 Å². The molecule has 3 saturated carbocycles. The number of nitrogens with zero attached hydrogens (tertiary/aromatic N) is 2. The van der Waals surface area contributed by atoms with Gasteiger partial charge in [0, 0.05) is 20.0 Å². The first-order chi connectivity index (χ1) is 25.1. The van der Waals surface area contributed by atoms with Crippen LogP contribution in [-0.4, -0.2) is 56.6 Å². The van der Waals surface area contributed by atoms with Gasteiger partial charge >= 0.3 is 73.4 Å². The van der Waals surface area contributed by atoms with Crippen LogP contribution in [0.1, 0.15) is 156 Å². The van der Waals surface area contributed by atoms with Crippen LogP contribution in [-0.2, 0) is 13.5 Å². The molecule has 0 spiro atoms. The Morgan fingerprint density at radius 1 is 0.615 bits per heavy atom. The van der Waals surface area contributed by atoms with Gasteiger partial charge in [-0.1, -0.05) is 70.3 Å². The van der Waals surface area contributed by atoms with E-state index in [4.69, 9.17) is 19.4 Å². The summed E-state index contributed by atoms with van der Waals surface area (Å²) in [6, 6.07) is 11.1. The van der Waals surface area contributed by atoms with Gasteiger partial charge in [0.25, 0.3) is 0 Å². The summed E-state index contributed by atoms with van der Waals surface area (Å²) in [5.41, 5.74) is 7.95. The van der Waals surface area contributed by atoms with E-state index in [2.05, 4.69) is 70.2 Å². The van der Waals surface area contributed by atoms with Crippen LogP contribution >= 0.6 is 27.3 Å². The van der Waals surface area contributed by atoms with Gasteiger partial charge in [-0.15, -0.1) is 0 Å². The molecule has 2 unspecified atom stereocenters. The third-order valence-corrected chi connectivity index (χ3v) is 19.9. The van der Waals surface area contributed by atoms with E-state index in [1.165, 1.54) is 42.9 Å². The minimum absolute atomic E-state index is 0.0465.